The summed E-state index contributed by atoms with van der Waals surface area (Å²) < 4.78 is 0. The van der Waals surface area contributed by atoms with Crippen LogP contribution in [0.15, 0.2) is 41.8 Å². The largest absolute Gasteiger partial charge is 0.356 e. The van der Waals surface area contributed by atoms with Crippen LogP contribution >= 0.6 is 11.3 Å². The van der Waals surface area contributed by atoms with E-state index in [2.05, 4.69) is 17.5 Å². The summed E-state index contributed by atoms with van der Waals surface area (Å²) in [4.78, 5) is 13.0. The van der Waals surface area contributed by atoms with Gasteiger partial charge in [0, 0.05) is 17.8 Å². The van der Waals surface area contributed by atoms with Crippen molar-refractivity contribution in [2.75, 3.05) is 6.54 Å². The van der Waals surface area contributed by atoms with Crippen LogP contribution in [-0.4, -0.2) is 12.5 Å². The summed E-state index contributed by atoms with van der Waals surface area (Å²) in [5, 5.41) is 13.7. The molecule has 1 amide bonds. The minimum Gasteiger partial charge on any atom is -0.356 e. The molecule has 102 valence electrons. The third-order valence-electron chi connectivity index (χ3n) is 3.00. The van der Waals surface area contributed by atoms with Gasteiger partial charge in [0.05, 0.1) is 11.6 Å². The molecule has 0 fully saturated rings. The molecule has 4 heteroatoms. The summed E-state index contributed by atoms with van der Waals surface area (Å²) >= 11 is 1.71. The van der Waals surface area contributed by atoms with Crippen LogP contribution in [0.4, 0.5) is 0 Å². The van der Waals surface area contributed by atoms with Crippen LogP contribution in [-0.2, 0) is 17.6 Å². The van der Waals surface area contributed by atoms with Gasteiger partial charge in [-0.1, -0.05) is 18.2 Å². The van der Waals surface area contributed by atoms with E-state index in [1.54, 1.807) is 23.5 Å². The van der Waals surface area contributed by atoms with Crippen molar-refractivity contribution in [2.24, 2.45) is 0 Å². The highest BCUT2D eigenvalue weighted by Crippen LogP contribution is 2.08. The van der Waals surface area contributed by atoms with Crippen molar-refractivity contribution in [3.05, 3.63) is 57.8 Å². The van der Waals surface area contributed by atoms with E-state index in [1.165, 1.54) is 4.88 Å². The Morgan fingerprint density at radius 1 is 1.20 bits per heavy atom. The highest BCUT2D eigenvalue weighted by atomic mass is 32.1. The highest BCUT2D eigenvalue weighted by molar-refractivity contribution is 7.09. The Labute approximate surface area is 122 Å². The van der Waals surface area contributed by atoms with Crippen LogP contribution in [0.5, 0.6) is 0 Å². The number of rotatable bonds is 6. The number of carbonyl (C=O) groups is 1. The van der Waals surface area contributed by atoms with Gasteiger partial charge in [-0.25, -0.2) is 0 Å². The fourth-order valence-corrected chi connectivity index (χ4v) is 2.58. The normalized spacial score (nSPS) is 9.95. The van der Waals surface area contributed by atoms with E-state index in [4.69, 9.17) is 5.26 Å². The van der Waals surface area contributed by atoms with Crippen LogP contribution in [0.2, 0.25) is 0 Å². The van der Waals surface area contributed by atoms with E-state index >= 15 is 0 Å². The number of amides is 1. The molecule has 0 aliphatic heterocycles. The molecule has 0 aliphatic carbocycles. The van der Waals surface area contributed by atoms with Crippen molar-refractivity contribution in [1.29, 1.82) is 5.26 Å². The number of aryl methyl sites for hydroxylation is 1. The predicted molar refractivity (Wildman–Crippen MR) is 80.5 cm³/mol. The minimum atomic E-state index is 0.0749. The molecule has 3 nitrogen and oxygen atoms in total. The van der Waals surface area contributed by atoms with Crippen LogP contribution < -0.4 is 5.32 Å². The maximum Gasteiger partial charge on any atom is 0.220 e. The quantitative estimate of drug-likeness (QED) is 0.886. The van der Waals surface area contributed by atoms with E-state index in [0.717, 1.165) is 12.0 Å². The second-order valence-corrected chi connectivity index (χ2v) is 5.52. The Hall–Kier alpha value is -2.12. The van der Waals surface area contributed by atoms with Gasteiger partial charge in [-0.15, -0.1) is 11.3 Å². The first-order chi connectivity index (χ1) is 9.78. The van der Waals surface area contributed by atoms with Gasteiger partial charge in [-0.3, -0.25) is 4.79 Å². The highest BCUT2D eigenvalue weighted by Gasteiger charge is 2.02. The standard InChI is InChI=1S/C16H16N2OS/c17-12-14-5-3-13(4-6-14)7-8-16(19)18-10-9-15-2-1-11-20-15/h1-6,11H,7-10H2,(H,18,19). The Balaban J connectivity index is 1.68. The van der Waals surface area contributed by atoms with Gasteiger partial charge in [-0.05, 0) is 42.0 Å². The molecule has 0 atom stereocenters. The molecule has 0 unspecified atom stereocenters. The third-order valence-corrected chi connectivity index (χ3v) is 3.93. The topological polar surface area (TPSA) is 52.9 Å². The van der Waals surface area contributed by atoms with E-state index in [1.807, 2.05) is 23.6 Å². The smallest absolute Gasteiger partial charge is 0.220 e. The number of carbonyl (C=O) groups excluding carboxylic acids is 1. The van der Waals surface area contributed by atoms with E-state index < -0.39 is 0 Å². The van der Waals surface area contributed by atoms with Crippen molar-refractivity contribution in [3.8, 4) is 6.07 Å². The molecule has 0 bridgehead atoms. The molecular formula is C16H16N2OS. The molecule has 1 heterocycles. The summed E-state index contributed by atoms with van der Waals surface area (Å²) in [5.74, 6) is 0.0749. The molecule has 1 aromatic carbocycles. The lowest BCUT2D eigenvalue weighted by Crippen LogP contribution is -2.25. The Morgan fingerprint density at radius 2 is 2.00 bits per heavy atom. The van der Waals surface area contributed by atoms with Crippen molar-refractivity contribution in [2.45, 2.75) is 19.3 Å². The molecular weight excluding hydrogens is 268 g/mol. The van der Waals surface area contributed by atoms with Crippen LogP contribution in [0.3, 0.4) is 0 Å². The lowest BCUT2D eigenvalue weighted by Gasteiger charge is -2.04. The SMILES string of the molecule is N#Cc1ccc(CCC(=O)NCCc2cccs2)cc1. The number of thiophene rings is 1. The summed E-state index contributed by atoms with van der Waals surface area (Å²) in [6, 6.07) is 13.5. The van der Waals surface area contributed by atoms with Crippen LogP contribution in [0.1, 0.15) is 22.4 Å². The van der Waals surface area contributed by atoms with Gasteiger partial charge in [0.1, 0.15) is 0 Å². The first-order valence-corrected chi connectivity index (χ1v) is 7.44. The zero-order chi connectivity index (χ0) is 14.2. The average molecular weight is 284 g/mol. The number of benzene rings is 1. The number of nitrogens with zero attached hydrogens (tertiary/aromatic N) is 1. The first kappa shape index (κ1) is 14.3. The fourth-order valence-electron chi connectivity index (χ4n) is 1.87. The molecule has 0 aliphatic rings. The molecule has 0 saturated heterocycles. The van der Waals surface area contributed by atoms with E-state index in [0.29, 0.717) is 24.9 Å². The molecule has 2 aromatic rings. The van der Waals surface area contributed by atoms with Gasteiger partial charge in [0.2, 0.25) is 5.91 Å². The fraction of sp³-hybridized carbons (Fsp3) is 0.250. The minimum absolute atomic E-state index is 0.0749. The number of nitrogens with one attached hydrogen (secondary N) is 1. The van der Waals surface area contributed by atoms with Crippen LogP contribution in [0, 0.1) is 11.3 Å². The van der Waals surface area contributed by atoms with E-state index in [-0.39, 0.29) is 5.91 Å². The van der Waals surface area contributed by atoms with Gasteiger partial charge in [-0.2, -0.15) is 5.26 Å². The van der Waals surface area contributed by atoms with Gasteiger partial charge in [0.15, 0.2) is 0 Å². The van der Waals surface area contributed by atoms with Crippen molar-refractivity contribution < 1.29 is 4.79 Å². The molecule has 1 aromatic heterocycles. The molecule has 20 heavy (non-hydrogen) atoms. The lowest BCUT2D eigenvalue weighted by molar-refractivity contribution is -0.121. The Kier molecular flexibility index (Phi) is 5.33. The third kappa shape index (κ3) is 4.52. The summed E-state index contributed by atoms with van der Waals surface area (Å²) in [7, 11) is 0. The number of hydrogen-bond acceptors (Lipinski definition) is 3. The summed E-state index contributed by atoms with van der Waals surface area (Å²) in [6.45, 7) is 0.687. The average Bonchev–Trinajstić information content (AvgIpc) is 2.99. The Bertz CT molecular complexity index is 582. The zero-order valence-electron chi connectivity index (χ0n) is 11.1. The number of nitriles is 1. The van der Waals surface area contributed by atoms with Gasteiger partial charge >= 0.3 is 0 Å². The molecule has 0 spiro atoms. The second kappa shape index (κ2) is 7.46. The monoisotopic (exact) mass is 284 g/mol. The van der Waals surface area contributed by atoms with E-state index in [9.17, 15) is 4.79 Å². The molecule has 2 rings (SSSR count). The zero-order valence-corrected chi connectivity index (χ0v) is 12.0. The number of hydrogen-bond donors (Lipinski definition) is 1. The maximum atomic E-state index is 11.7. The molecule has 0 saturated carbocycles. The second-order valence-electron chi connectivity index (χ2n) is 4.49. The van der Waals surface area contributed by atoms with Gasteiger partial charge in [0.25, 0.3) is 0 Å². The molecule has 1 N–H and O–H groups in total. The summed E-state index contributed by atoms with van der Waals surface area (Å²) in [5.41, 5.74) is 1.73. The summed E-state index contributed by atoms with van der Waals surface area (Å²) in [6.07, 6.45) is 2.08. The van der Waals surface area contributed by atoms with Crippen molar-refractivity contribution in [1.82, 2.24) is 5.32 Å². The van der Waals surface area contributed by atoms with Crippen LogP contribution in [0.25, 0.3) is 0 Å². The van der Waals surface area contributed by atoms with Crippen molar-refractivity contribution in [3.63, 3.8) is 0 Å². The Morgan fingerprint density at radius 3 is 2.65 bits per heavy atom. The maximum absolute atomic E-state index is 11.7. The lowest BCUT2D eigenvalue weighted by atomic mass is 10.1. The van der Waals surface area contributed by atoms with Gasteiger partial charge < -0.3 is 5.32 Å². The van der Waals surface area contributed by atoms with Crippen molar-refractivity contribution >= 4 is 17.2 Å². The first-order valence-electron chi connectivity index (χ1n) is 6.56. The molecule has 0 radical (unpaired) electrons. The predicted octanol–water partition coefficient (Wildman–Crippen LogP) is 2.91.